The Kier molecular flexibility index (Phi) is 5.62. The van der Waals surface area contributed by atoms with Crippen LogP contribution in [0.2, 0.25) is 0 Å². The van der Waals surface area contributed by atoms with Crippen LogP contribution in [0.15, 0.2) is 0 Å². The third-order valence-electron chi connectivity index (χ3n) is 5.01. The van der Waals surface area contributed by atoms with E-state index in [2.05, 4.69) is 0 Å². The average molecular weight is 296 g/mol. The number of likely N-dealkylation sites (tertiary alicyclic amines) is 1. The summed E-state index contributed by atoms with van der Waals surface area (Å²) in [4.78, 5) is 27.5. The number of rotatable bonds is 6. The summed E-state index contributed by atoms with van der Waals surface area (Å²) < 4.78 is 0. The highest BCUT2D eigenvalue weighted by atomic mass is 16.3. The lowest BCUT2D eigenvalue weighted by Gasteiger charge is -2.32. The number of amides is 2. The summed E-state index contributed by atoms with van der Waals surface area (Å²) in [6, 6.07) is 0. The second-order valence-electron chi connectivity index (χ2n) is 6.70. The molecule has 0 atom stereocenters. The van der Waals surface area contributed by atoms with Crippen molar-refractivity contribution >= 4 is 11.8 Å². The molecule has 0 aromatic carbocycles. The number of carbonyl (C=O) groups excluding carboxylic acids is 2. The average Bonchev–Trinajstić information content (AvgIpc) is 2.95. The zero-order valence-corrected chi connectivity index (χ0v) is 13.1. The van der Waals surface area contributed by atoms with Crippen LogP contribution in [0.5, 0.6) is 0 Å². The highest BCUT2D eigenvalue weighted by Crippen LogP contribution is 2.38. The molecule has 0 spiro atoms. The van der Waals surface area contributed by atoms with E-state index in [4.69, 9.17) is 0 Å². The van der Waals surface area contributed by atoms with Gasteiger partial charge in [0.05, 0.1) is 6.61 Å². The summed E-state index contributed by atoms with van der Waals surface area (Å²) in [5.74, 6) is 0.257. The third-order valence-corrected chi connectivity index (χ3v) is 5.01. The van der Waals surface area contributed by atoms with Crippen LogP contribution in [-0.2, 0) is 9.59 Å². The van der Waals surface area contributed by atoms with Gasteiger partial charge in [0, 0.05) is 44.9 Å². The molecule has 21 heavy (non-hydrogen) atoms. The first-order valence-corrected chi connectivity index (χ1v) is 8.19. The van der Waals surface area contributed by atoms with Crippen molar-refractivity contribution in [1.82, 2.24) is 9.80 Å². The molecule has 1 heterocycles. The zero-order valence-electron chi connectivity index (χ0n) is 13.1. The number of piperidine rings is 1. The molecule has 2 rings (SSSR count). The normalized spacial score (nSPS) is 21.6. The van der Waals surface area contributed by atoms with Gasteiger partial charge in [-0.1, -0.05) is 12.8 Å². The van der Waals surface area contributed by atoms with Crippen LogP contribution >= 0.6 is 0 Å². The number of nitrogens with zero attached hydrogens (tertiary/aromatic N) is 2. The maximum Gasteiger partial charge on any atom is 0.224 e. The molecule has 2 aliphatic rings. The highest BCUT2D eigenvalue weighted by molar-refractivity contribution is 5.79. The van der Waals surface area contributed by atoms with Crippen molar-refractivity contribution < 1.29 is 14.7 Å². The molecule has 2 fully saturated rings. The first-order chi connectivity index (χ1) is 10.1. The first-order valence-electron chi connectivity index (χ1n) is 8.19. The van der Waals surface area contributed by atoms with Gasteiger partial charge in [0.1, 0.15) is 0 Å². The maximum atomic E-state index is 12.2. The van der Waals surface area contributed by atoms with Gasteiger partial charge in [-0.25, -0.2) is 0 Å². The molecule has 0 radical (unpaired) electrons. The van der Waals surface area contributed by atoms with E-state index in [0.717, 1.165) is 45.1 Å². The van der Waals surface area contributed by atoms with Crippen molar-refractivity contribution in [2.24, 2.45) is 5.41 Å². The molecule has 0 bridgehead atoms. The predicted octanol–water partition coefficient (Wildman–Crippen LogP) is 1.40. The smallest absolute Gasteiger partial charge is 0.224 e. The Balaban J connectivity index is 1.78. The van der Waals surface area contributed by atoms with Crippen LogP contribution in [-0.4, -0.2) is 60.0 Å². The van der Waals surface area contributed by atoms with Gasteiger partial charge < -0.3 is 14.9 Å². The lowest BCUT2D eigenvalue weighted by atomic mass is 9.86. The van der Waals surface area contributed by atoms with Gasteiger partial charge >= 0.3 is 0 Å². The molecule has 120 valence electrons. The second-order valence-corrected chi connectivity index (χ2v) is 6.70. The summed E-state index contributed by atoms with van der Waals surface area (Å²) in [7, 11) is 1.82. The van der Waals surface area contributed by atoms with Crippen LogP contribution in [0.1, 0.15) is 51.4 Å². The molecule has 1 saturated carbocycles. The summed E-state index contributed by atoms with van der Waals surface area (Å²) in [5, 5.41) is 9.62. The van der Waals surface area contributed by atoms with Gasteiger partial charge in [0.25, 0.3) is 0 Å². The molecule has 1 aliphatic heterocycles. The van der Waals surface area contributed by atoms with Crippen molar-refractivity contribution in [1.29, 1.82) is 0 Å². The Morgan fingerprint density at radius 3 is 2.62 bits per heavy atom. The van der Waals surface area contributed by atoms with E-state index >= 15 is 0 Å². The number of hydrogen-bond donors (Lipinski definition) is 1. The van der Waals surface area contributed by atoms with Gasteiger partial charge in [-0.3, -0.25) is 9.59 Å². The summed E-state index contributed by atoms with van der Waals surface area (Å²) in [5.41, 5.74) is -0.0919. The van der Waals surface area contributed by atoms with Crippen LogP contribution < -0.4 is 0 Å². The molecule has 0 aromatic heterocycles. The quantitative estimate of drug-likeness (QED) is 0.806. The molecule has 1 N–H and O–H groups in total. The second kappa shape index (κ2) is 7.25. The van der Waals surface area contributed by atoms with E-state index < -0.39 is 0 Å². The highest BCUT2D eigenvalue weighted by Gasteiger charge is 2.35. The van der Waals surface area contributed by atoms with E-state index in [0.29, 0.717) is 25.9 Å². The Morgan fingerprint density at radius 1 is 1.29 bits per heavy atom. The van der Waals surface area contributed by atoms with E-state index in [1.54, 1.807) is 4.90 Å². The van der Waals surface area contributed by atoms with Gasteiger partial charge in [0.15, 0.2) is 0 Å². The van der Waals surface area contributed by atoms with Crippen LogP contribution in [0, 0.1) is 5.41 Å². The Bertz CT molecular complexity index is 378. The van der Waals surface area contributed by atoms with E-state index in [-0.39, 0.29) is 23.8 Å². The van der Waals surface area contributed by atoms with Gasteiger partial charge in [0.2, 0.25) is 11.8 Å². The van der Waals surface area contributed by atoms with Crippen LogP contribution in [0.4, 0.5) is 0 Å². The van der Waals surface area contributed by atoms with Crippen LogP contribution in [0.3, 0.4) is 0 Å². The fraction of sp³-hybridized carbons (Fsp3) is 0.875. The lowest BCUT2D eigenvalue weighted by Crippen LogP contribution is -2.42. The van der Waals surface area contributed by atoms with E-state index in [1.807, 2.05) is 11.9 Å². The predicted molar refractivity (Wildman–Crippen MR) is 80.7 cm³/mol. The Hall–Kier alpha value is -1.10. The van der Waals surface area contributed by atoms with Crippen molar-refractivity contribution in [2.75, 3.05) is 33.3 Å². The maximum absolute atomic E-state index is 12.2. The SMILES string of the molecule is CN(CC1(CO)CCCC1)C(=O)CCN1CCCCC1=O. The minimum absolute atomic E-state index is 0.0769. The van der Waals surface area contributed by atoms with Crippen molar-refractivity contribution in [3.8, 4) is 0 Å². The van der Waals surface area contributed by atoms with E-state index in [9.17, 15) is 14.7 Å². The monoisotopic (exact) mass is 296 g/mol. The topological polar surface area (TPSA) is 60.9 Å². The summed E-state index contributed by atoms with van der Waals surface area (Å²) in [6.07, 6.45) is 7.33. The molecular formula is C16H28N2O3. The van der Waals surface area contributed by atoms with Gasteiger partial charge in [-0.2, -0.15) is 0 Å². The Morgan fingerprint density at radius 2 is 2.00 bits per heavy atom. The first kappa shape index (κ1) is 16.3. The minimum Gasteiger partial charge on any atom is -0.396 e. The van der Waals surface area contributed by atoms with Crippen molar-refractivity contribution in [3.63, 3.8) is 0 Å². The van der Waals surface area contributed by atoms with E-state index in [1.165, 1.54) is 0 Å². The number of carbonyl (C=O) groups is 2. The summed E-state index contributed by atoms with van der Waals surface area (Å²) in [6.45, 7) is 2.12. The molecule has 2 amide bonds. The largest absolute Gasteiger partial charge is 0.396 e. The van der Waals surface area contributed by atoms with Crippen LogP contribution in [0.25, 0.3) is 0 Å². The molecular weight excluding hydrogens is 268 g/mol. The van der Waals surface area contributed by atoms with Gasteiger partial charge in [-0.15, -0.1) is 0 Å². The van der Waals surface area contributed by atoms with Gasteiger partial charge in [-0.05, 0) is 25.7 Å². The lowest BCUT2D eigenvalue weighted by molar-refractivity contribution is -0.136. The number of aliphatic hydroxyl groups excluding tert-OH is 1. The summed E-state index contributed by atoms with van der Waals surface area (Å²) >= 11 is 0. The molecule has 1 saturated heterocycles. The zero-order chi connectivity index (χ0) is 15.3. The standard InChI is InChI=1S/C16H28N2O3/c1-17(12-16(13-19)8-3-4-9-16)14(20)7-11-18-10-5-2-6-15(18)21/h19H,2-13H2,1H3. The third kappa shape index (κ3) is 4.19. The Labute approximate surface area is 127 Å². The fourth-order valence-corrected chi connectivity index (χ4v) is 3.60. The molecule has 1 aliphatic carbocycles. The van der Waals surface area contributed by atoms with Crippen molar-refractivity contribution in [3.05, 3.63) is 0 Å². The van der Waals surface area contributed by atoms with Crippen molar-refractivity contribution in [2.45, 2.75) is 51.4 Å². The molecule has 0 unspecified atom stereocenters. The molecule has 5 heteroatoms. The fourth-order valence-electron chi connectivity index (χ4n) is 3.60. The number of aliphatic hydroxyl groups is 1. The molecule has 5 nitrogen and oxygen atoms in total. The number of hydrogen-bond acceptors (Lipinski definition) is 3. The molecule has 0 aromatic rings. The minimum atomic E-state index is -0.0919.